The molecule has 2 saturated heterocycles. The number of nitrogens with zero attached hydrogens (tertiary/aromatic N) is 6. The van der Waals surface area contributed by atoms with E-state index in [0.717, 1.165) is 49.9 Å². The Morgan fingerprint density at radius 1 is 0.707 bits per heavy atom. The summed E-state index contributed by atoms with van der Waals surface area (Å²) < 4.78 is 56.9. The van der Waals surface area contributed by atoms with E-state index in [1.54, 1.807) is 24.3 Å². The standard InChI is InChI=1S/C27H29N5O3S.C15H18N4O2S/c1-19-4-3-5-25-24(19)13-17-32(25)20(2)27(33)31-15-11-22(12-16-31)21-6-8-23(9-7-21)36(34,35)30-26-10-14-28-18-29-26;20-22(21,19-15-7-10-17-11-18-15)14-3-1-12(2-4-14)13-5-8-16-9-6-13/h3-10,13-14,17-18,20,22H,11-12,15-16H2,1-2H3,(H,28,29,30);1-4,7,10-11,13,16H,5-6,8-9H2,(H,17,18,19)/t20-;/m1./s1. The lowest BCUT2D eigenvalue weighted by atomic mass is 9.89. The minimum Gasteiger partial charge on any atom is -0.341 e. The Bertz CT molecular complexity index is 2520. The normalized spacial score (nSPS) is 15.9. The number of hydrogen-bond acceptors (Lipinski definition) is 10. The molecule has 302 valence electrons. The summed E-state index contributed by atoms with van der Waals surface area (Å²) in [5, 5.41) is 4.50. The van der Waals surface area contributed by atoms with Crippen molar-refractivity contribution in [3.05, 3.63) is 133 Å². The molecule has 2 aliphatic heterocycles. The number of fused-ring (bicyclic) bond motifs is 1. The number of benzene rings is 3. The molecule has 2 fully saturated rings. The smallest absolute Gasteiger partial charge is 0.263 e. The minimum absolute atomic E-state index is 0.129. The zero-order chi connectivity index (χ0) is 40.7. The van der Waals surface area contributed by atoms with Gasteiger partial charge in [0.1, 0.15) is 30.3 Å². The number of likely N-dealkylation sites (tertiary alicyclic amines) is 1. The minimum atomic E-state index is -3.73. The number of carbonyl (C=O) groups excluding carboxylic acids is 1. The van der Waals surface area contributed by atoms with E-state index in [1.807, 2.05) is 48.4 Å². The lowest BCUT2D eigenvalue weighted by Crippen LogP contribution is -2.41. The second-order valence-corrected chi connectivity index (χ2v) is 17.9. The Morgan fingerprint density at radius 3 is 1.72 bits per heavy atom. The molecule has 6 aromatic rings. The number of piperidine rings is 2. The zero-order valence-corrected chi connectivity index (χ0v) is 34.0. The summed E-state index contributed by atoms with van der Waals surface area (Å²) in [4.78, 5) is 31.0. The van der Waals surface area contributed by atoms with Crippen molar-refractivity contribution in [3.63, 3.8) is 0 Å². The van der Waals surface area contributed by atoms with Crippen LogP contribution < -0.4 is 14.8 Å². The van der Waals surface area contributed by atoms with Crippen LogP contribution in [-0.2, 0) is 24.8 Å². The number of rotatable bonds is 10. The average Bonchev–Trinajstić information content (AvgIpc) is 3.70. The molecule has 5 heterocycles. The van der Waals surface area contributed by atoms with Gasteiger partial charge in [-0.2, -0.15) is 0 Å². The second-order valence-electron chi connectivity index (χ2n) is 14.6. The predicted octanol–water partition coefficient (Wildman–Crippen LogP) is 6.25. The number of anilines is 2. The molecule has 3 aromatic carbocycles. The first-order valence-corrected chi connectivity index (χ1v) is 22.3. The number of hydrogen-bond donors (Lipinski definition) is 3. The Morgan fingerprint density at radius 2 is 1.22 bits per heavy atom. The molecular formula is C42H47N9O5S2. The van der Waals surface area contributed by atoms with E-state index in [0.29, 0.717) is 19.0 Å². The predicted molar refractivity (Wildman–Crippen MR) is 223 cm³/mol. The van der Waals surface area contributed by atoms with Crippen molar-refractivity contribution >= 4 is 48.5 Å². The highest BCUT2D eigenvalue weighted by molar-refractivity contribution is 7.93. The molecule has 1 atom stereocenters. The fraction of sp³-hybridized carbons (Fsp3) is 0.310. The van der Waals surface area contributed by atoms with Crippen LogP contribution in [0.2, 0.25) is 0 Å². The summed E-state index contributed by atoms with van der Waals surface area (Å²) in [7, 11) is -7.34. The highest BCUT2D eigenvalue weighted by Crippen LogP contribution is 2.31. The van der Waals surface area contributed by atoms with Crippen LogP contribution in [0.15, 0.2) is 126 Å². The summed E-state index contributed by atoms with van der Waals surface area (Å²) in [6.07, 6.45) is 11.4. The quantitative estimate of drug-likeness (QED) is 0.143. The van der Waals surface area contributed by atoms with Crippen LogP contribution in [0.25, 0.3) is 10.9 Å². The molecule has 0 spiro atoms. The summed E-state index contributed by atoms with van der Waals surface area (Å²) in [5.74, 6) is 1.41. The fourth-order valence-corrected chi connectivity index (χ4v) is 9.60. The molecule has 3 aromatic heterocycles. The molecule has 0 bridgehead atoms. The maximum absolute atomic E-state index is 13.3. The maximum Gasteiger partial charge on any atom is 0.263 e. The van der Waals surface area contributed by atoms with E-state index in [1.165, 1.54) is 53.7 Å². The number of aryl methyl sites for hydroxylation is 1. The first-order chi connectivity index (χ1) is 28.0. The van der Waals surface area contributed by atoms with E-state index in [9.17, 15) is 21.6 Å². The Balaban J connectivity index is 0.000000199. The Kier molecular flexibility index (Phi) is 12.4. The molecule has 0 aliphatic carbocycles. The van der Waals surface area contributed by atoms with Crippen molar-refractivity contribution in [2.75, 3.05) is 35.6 Å². The highest BCUT2D eigenvalue weighted by atomic mass is 32.2. The molecule has 8 rings (SSSR count). The largest absolute Gasteiger partial charge is 0.341 e. The molecule has 58 heavy (non-hydrogen) atoms. The first kappa shape index (κ1) is 40.5. The number of sulfonamides is 2. The third kappa shape index (κ3) is 9.52. The molecule has 3 N–H and O–H groups in total. The van der Waals surface area contributed by atoms with Gasteiger partial charge in [0.05, 0.1) is 9.79 Å². The number of nitrogens with one attached hydrogen (secondary N) is 3. The Labute approximate surface area is 339 Å². The SMILES string of the molecule is Cc1cccc2c1ccn2[C@H](C)C(=O)N1CCC(c2ccc(S(=O)(=O)Nc3ccncn3)cc2)CC1.O=S(=O)(Nc1ccncn1)c1ccc(C2CCNCC2)cc1. The van der Waals surface area contributed by atoms with Crippen LogP contribution in [-0.4, -0.2) is 78.3 Å². The van der Waals surface area contributed by atoms with E-state index >= 15 is 0 Å². The van der Waals surface area contributed by atoms with E-state index in [-0.39, 0.29) is 39.3 Å². The first-order valence-electron chi connectivity index (χ1n) is 19.3. The topological polar surface area (TPSA) is 181 Å². The van der Waals surface area contributed by atoms with E-state index in [2.05, 4.69) is 64.4 Å². The van der Waals surface area contributed by atoms with Gasteiger partial charge in [-0.15, -0.1) is 0 Å². The van der Waals surface area contributed by atoms with Crippen LogP contribution in [0.5, 0.6) is 0 Å². The van der Waals surface area contributed by atoms with Crippen LogP contribution in [0.3, 0.4) is 0 Å². The molecule has 0 unspecified atom stereocenters. The Hall–Kier alpha value is -5.71. The average molecular weight is 822 g/mol. The van der Waals surface area contributed by atoms with Gasteiger partial charge < -0.3 is 14.8 Å². The third-order valence-corrected chi connectivity index (χ3v) is 13.6. The van der Waals surface area contributed by atoms with Gasteiger partial charge in [0, 0.05) is 42.6 Å². The van der Waals surface area contributed by atoms with Gasteiger partial charge >= 0.3 is 0 Å². The summed E-state index contributed by atoms with van der Waals surface area (Å²) in [5.41, 5.74) is 4.57. The lowest BCUT2D eigenvalue weighted by molar-refractivity contribution is -0.135. The van der Waals surface area contributed by atoms with E-state index in [4.69, 9.17) is 0 Å². The van der Waals surface area contributed by atoms with Crippen LogP contribution >= 0.6 is 0 Å². The molecular weight excluding hydrogens is 775 g/mol. The van der Waals surface area contributed by atoms with Gasteiger partial charge in [0.2, 0.25) is 5.91 Å². The molecule has 14 nitrogen and oxygen atoms in total. The monoisotopic (exact) mass is 821 g/mol. The van der Waals surface area contributed by atoms with Crippen molar-refractivity contribution in [2.45, 2.75) is 67.2 Å². The van der Waals surface area contributed by atoms with Crippen molar-refractivity contribution < 1.29 is 21.6 Å². The maximum atomic E-state index is 13.3. The van der Waals surface area contributed by atoms with Crippen LogP contribution in [0.4, 0.5) is 11.6 Å². The number of amides is 1. The summed E-state index contributed by atoms with van der Waals surface area (Å²) in [6, 6.07) is 25.1. The van der Waals surface area contributed by atoms with Gasteiger partial charge in [-0.05, 0) is 130 Å². The fourth-order valence-electron chi connectivity index (χ4n) is 7.59. The zero-order valence-electron chi connectivity index (χ0n) is 32.4. The molecule has 16 heteroatoms. The van der Waals surface area contributed by atoms with Crippen molar-refractivity contribution in [3.8, 4) is 0 Å². The molecule has 2 aliphatic rings. The van der Waals surface area contributed by atoms with Crippen LogP contribution in [0, 0.1) is 6.92 Å². The lowest BCUT2D eigenvalue weighted by Gasteiger charge is -2.34. The molecule has 1 amide bonds. The van der Waals surface area contributed by atoms with Crippen molar-refractivity contribution in [1.29, 1.82) is 0 Å². The van der Waals surface area contributed by atoms with Gasteiger partial charge in [0.15, 0.2) is 0 Å². The van der Waals surface area contributed by atoms with Gasteiger partial charge in [0.25, 0.3) is 20.0 Å². The van der Waals surface area contributed by atoms with Gasteiger partial charge in [-0.1, -0.05) is 36.4 Å². The highest BCUT2D eigenvalue weighted by Gasteiger charge is 2.28. The van der Waals surface area contributed by atoms with Crippen molar-refractivity contribution in [1.82, 2.24) is 34.7 Å². The summed E-state index contributed by atoms with van der Waals surface area (Å²) >= 11 is 0. The van der Waals surface area contributed by atoms with Crippen LogP contribution in [0.1, 0.15) is 67.2 Å². The molecule has 0 saturated carbocycles. The van der Waals surface area contributed by atoms with Gasteiger partial charge in [-0.25, -0.2) is 36.8 Å². The van der Waals surface area contributed by atoms with Gasteiger partial charge in [-0.3, -0.25) is 14.2 Å². The third-order valence-electron chi connectivity index (χ3n) is 10.9. The molecule has 0 radical (unpaired) electrons. The van der Waals surface area contributed by atoms with E-state index < -0.39 is 20.0 Å². The number of carbonyl (C=O) groups is 1. The van der Waals surface area contributed by atoms with Crippen molar-refractivity contribution in [2.24, 2.45) is 0 Å². The summed E-state index contributed by atoms with van der Waals surface area (Å²) in [6.45, 7) is 7.44. The second kappa shape index (κ2) is 17.8. The number of aromatic nitrogens is 5.